The Labute approximate surface area is 141 Å². The zero-order valence-corrected chi connectivity index (χ0v) is 14.8. The summed E-state index contributed by atoms with van der Waals surface area (Å²) in [4.78, 5) is 5.83. The molecule has 0 N–H and O–H groups in total. The Morgan fingerprint density at radius 1 is 1.09 bits per heavy atom. The molecule has 0 saturated heterocycles. The van der Waals surface area contributed by atoms with Crippen molar-refractivity contribution < 1.29 is 0 Å². The van der Waals surface area contributed by atoms with Gasteiger partial charge in [-0.3, -0.25) is 4.40 Å². The number of thiazole rings is 1. The molecule has 110 valence electrons. The second-order valence-corrected chi connectivity index (χ2v) is 7.69. The smallest absolute Gasteiger partial charge is 0.195 e. The molecule has 4 rings (SSSR count). The van der Waals surface area contributed by atoms with E-state index in [0.717, 1.165) is 15.1 Å². The van der Waals surface area contributed by atoms with Crippen LogP contribution in [0.4, 0.5) is 0 Å². The maximum Gasteiger partial charge on any atom is 0.195 e. The number of hydrogen-bond donors (Lipinski definition) is 0. The summed E-state index contributed by atoms with van der Waals surface area (Å²) in [6, 6.07) is 15.1. The number of hydrogen-bond acceptors (Lipinski definition) is 2. The molecular weight excluding hydrogens is 356 g/mol. The lowest BCUT2D eigenvalue weighted by atomic mass is 10.0. The molecule has 22 heavy (non-hydrogen) atoms. The Bertz CT molecular complexity index is 964. The lowest BCUT2D eigenvalue weighted by Gasteiger charge is -2.05. The molecule has 2 aromatic carbocycles. The van der Waals surface area contributed by atoms with Crippen molar-refractivity contribution in [1.82, 2.24) is 9.38 Å². The van der Waals surface area contributed by atoms with Crippen LogP contribution in [-0.2, 0) is 0 Å². The average molecular weight is 371 g/mol. The van der Waals surface area contributed by atoms with Gasteiger partial charge in [0.1, 0.15) is 0 Å². The Morgan fingerprint density at radius 3 is 2.59 bits per heavy atom. The summed E-state index contributed by atoms with van der Waals surface area (Å²) < 4.78 is 4.53. The molecule has 4 aromatic rings. The van der Waals surface area contributed by atoms with Crippen molar-refractivity contribution in [2.75, 3.05) is 0 Å². The molecule has 0 saturated carbocycles. The van der Waals surface area contributed by atoms with Crippen LogP contribution in [0.15, 0.2) is 53.1 Å². The third-order valence-corrected chi connectivity index (χ3v) is 5.44. The van der Waals surface area contributed by atoms with E-state index < -0.39 is 0 Å². The first-order valence-electron chi connectivity index (χ1n) is 7.29. The first-order valence-corrected chi connectivity index (χ1v) is 8.90. The van der Waals surface area contributed by atoms with Gasteiger partial charge >= 0.3 is 0 Å². The maximum atomic E-state index is 4.79. The first kappa shape index (κ1) is 14.0. The van der Waals surface area contributed by atoms with Crippen molar-refractivity contribution in [1.29, 1.82) is 0 Å². The van der Waals surface area contributed by atoms with Crippen LogP contribution in [0.1, 0.15) is 25.3 Å². The van der Waals surface area contributed by atoms with E-state index in [-0.39, 0.29) is 0 Å². The predicted octanol–water partition coefficient (Wildman–Crippen LogP) is 6.10. The molecule has 2 heterocycles. The third kappa shape index (κ3) is 2.27. The number of imidazole rings is 1. The minimum absolute atomic E-state index is 0.557. The van der Waals surface area contributed by atoms with Gasteiger partial charge in [0, 0.05) is 16.2 Å². The molecule has 0 radical (unpaired) electrons. The van der Waals surface area contributed by atoms with Crippen molar-refractivity contribution in [2.24, 2.45) is 0 Å². The number of benzene rings is 2. The average Bonchev–Trinajstić information content (AvgIpc) is 3.04. The van der Waals surface area contributed by atoms with Gasteiger partial charge in [-0.1, -0.05) is 65.4 Å². The largest absolute Gasteiger partial charge is 0.290 e. The zero-order valence-electron chi connectivity index (χ0n) is 12.4. The zero-order chi connectivity index (χ0) is 15.3. The fourth-order valence-corrected chi connectivity index (χ4v) is 4.21. The van der Waals surface area contributed by atoms with Crippen LogP contribution < -0.4 is 0 Å². The Hall–Kier alpha value is -1.65. The third-order valence-electron chi connectivity index (χ3n) is 3.93. The summed E-state index contributed by atoms with van der Waals surface area (Å²) in [6.45, 7) is 4.43. The predicted molar refractivity (Wildman–Crippen MR) is 97.8 cm³/mol. The molecule has 0 aliphatic carbocycles. The Morgan fingerprint density at radius 2 is 1.86 bits per heavy atom. The van der Waals surface area contributed by atoms with E-state index >= 15 is 0 Å². The van der Waals surface area contributed by atoms with E-state index in [2.05, 4.69) is 82.8 Å². The van der Waals surface area contributed by atoms with Gasteiger partial charge in [-0.05, 0) is 29.7 Å². The SMILES string of the molecule is CC(C)c1ccc(-c2cn3c(n2)sc2cc(Br)ccc23)cc1. The number of fused-ring (bicyclic) bond motifs is 3. The standard InChI is InChI=1S/C18H15BrN2S/c1-11(2)12-3-5-13(6-4-12)15-10-21-16-8-7-14(19)9-17(16)22-18(21)20-15/h3-11H,1-2H3. The molecule has 0 unspecified atom stereocenters. The topological polar surface area (TPSA) is 17.3 Å². The van der Waals surface area contributed by atoms with Crippen molar-refractivity contribution in [2.45, 2.75) is 19.8 Å². The van der Waals surface area contributed by atoms with Crippen LogP contribution in [0.3, 0.4) is 0 Å². The first-order chi connectivity index (χ1) is 10.6. The molecule has 0 aliphatic rings. The Kier molecular flexibility index (Phi) is 3.31. The van der Waals surface area contributed by atoms with Gasteiger partial charge in [0.25, 0.3) is 0 Å². The maximum absolute atomic E-state index is 4.79. The van der Waals surface area contributed by atoms with Gasteiger partial charge in [0.15, 0.2) is 4.96 Å². The molecule has 4 heteroatoms. The van der Waals surface area contributed by atoms with E-state index in [4.69, 9.17) is 4.98 Å². The molecule has 0 bridgehead atoms. The molecule has 2 aromatic heterocycles. The summed E-state index contributed by atoms with van der Waals surface area (Å²) in [5, 5.41) is 0. The minimum atomic E-state index is 0.557. The van der Waals surface area contributed by atoms with E-state index in [9.17, 15) is 0 Å². The quantitative estimate of drug-likeness (QED) is 0.416. The van der Waals surface area contributed by atoms with Crippen LogP contribution in [0.25, 0.3) is 26.4 Å². The molecule has 0 aliphatic heterocycles. The fraction of sp³-hybridized carbons (Fsp3) is 0.167. The number of nitrogens with zero attached hydrogens (tertiary/aromatic N) is 2. The molecule has 2 nitrogen and oxygen atoms in total. The van der Waals surface area contributed by atoms with Crippen molar-refractivity contribution in [3.8, 4) is 11.3 Å². The molecule has 0 atom stereocenters. The van der Waals surface area contributed by atoms with Gasteiger partial charge in [-0.2, -0.15) is 0 Å². The van der Waals surface area contributed by atoms with Crippen molar-refractivity contribution >= 4 is 42.4 Å². The van der Waals surface area contributed by atoms with E-state index in [0.29, 0.717) is 5.92 Å². The summed E-state index contributed by atoms with van der Waals surface area (Å²) in [6.07, 6.45) is 2.13. The summed E-state index contributed by atoms with van der Waals surface area (Å²) in [7, 11) is 0. The van der Waals surface area contributed by atoms with E-state index in [1.807, 2.05) is 0 Å². The summed E-state index contributed by atoms with van der Waals surface area (Å²) in [5.41, 5.74) is 4.78. The van der Waals surface area contributed by atoms with Crippen LogP contribution >= 0.6 is 27.3 Å². The van der Waals surface area contributed by atoms with Crippen LogP contribution in [-0.4, -0.2) is 9.38 Å². The van der Waals surface area contributed by atoms with Gasteiger partial charge in [0.2, 0.25) is 0 Å². The molecule has 0 fully saturated rings. The van der Waals surface area contributed by atoms with Gasteiger partial charge in [0.05, 0.1) is 15.9 Å². The van der Waals surface area contributed by atoms with Crippen molar-refractivity contribution in [3.05, 3.63) is 58.7 Å². The monoisotopic (exact) mass is 370 g/mol. The summed E-state index contributed by atoms with van der Waals surface area (Å²) >= 11 is 5.25. The minimum Gasteiger partial charge on any atom is -0.290 e. The highest BCUT2D eigenvalue weighted by Crippen LogP contribution is 2.31. The number of rotatable bonds is 2. The van der Waals surface area contributed by atoms with Gasteiger partial charge in [-0.15, -0.1) is 0 Å². The normalized spacial score (nSPS) is 11.8. The summed E-state index contributed by atoms with van der Waals surface area (Å²) in [5.74, 6) is 0.557. The van der Waals surface area contributed by atoms with E-state index in [1.54, 1.807) is 11.3 Å². The molecular formula is C18H15BrN2S. The second-order valence-electron chi connectivity index (χ2n) is 5.77. The van der Waals surface area contributed by atoms with Crippen LogP contribution in [0.5, 0.6) is 0 Å². The highest BCUT2D eigenvalue weighted by Gasteiger charge is 2.10. The fourth-order valence-electron chi connectivity index (χ4n) is 2.65. The van der Waals surface area contributed by atoms with Crippen LogP contribution in [0, 0.1) is 0 Å². The number of halogens is 1. The highest BCUT2D eigenvalue weighted by atomic mass is 79.9. The Balaban J connectivity index is 1.82. The molecule has 0 spiro atoms. The van der Waals surface area contributed by atoms with Gasteiger partial charge in [-0.25, -0.2) is 4.98 Å². The van der Waals surface area contributed by atoms with E-state index in [1.165, 1.54) is 21.3 Å². The highest BCUT2D eigenvalue weighted by molar-refractivity contribution is 9.10. The van der Waals surface area contributed by atoms with Crippen molar-refractivity contribution in [3.63, 3.8) is 0 Å². The lowest BCUT2D eigenvalue weighted by molar-refractivity contribution is 0.867. The second kappa shape index (κ2) is 5.21. The van der Waals surface area contributed by atoms with Crippen LogP contribution in [0.2, 0.25) is 0 Å². The van der Waals surface area contributed by atoms with Gasteiger partial charge < -0.3 is 0 Å². The number of aromatic nitrogens is 2. The molecule has 0 amide bonds. The lowest BCUT2D eigenvalue weighted by Crippen LogP contribution is -1.86.